The van der Waals surface area contributed by atoms with Crippen LogP contribution >= 0.6 is 11.8 Å². The topological polar surface area (TPSA) is 56.7 Å². The van der Waals surface area contributed by atoms with Crippen LogP contribution in [0.5, 0.6) is 0 Å². The molecule has 3 aromatic rings. The SMILES string of the molecule is Nc1nnc(SCc2cccc3ccccc23)n1C1CC1. The Bertz CT molecular complexity index is 787. The summed E-state index contributed by atoms with van der Waals surface area (Å²) in [5.41, 5.74) is 7.24. The number of nitrogens with two attached hydrogens (primary N) is 1. The molecule has 0 saturated heterocycles. The summed E-state index contributed by atoms with van der Waals surface area (Å²) < 4.78 is 2.08. The lowest BCUT2D eigenvalue weighted by Crippen LogP contribution is -2.02. The van der Waals surface area contributed by atoms with Crippen LogP contribution in [0.2, 0.25) is 0 Å². The van der Waals surface area contributed by atoms with Gasteiger partial charge in [0.15, 0.2) is 5.16 Å². The molecule has 1 fully saturated rings. The Labute approximate surface area is 127 Å². The Kier molecular flexibility index (Phi) is 3.07. The molecule has 21 heavy (non-hydrogen) atoms. The van der Waals surface area contributed by atoms with E-state index in [2.05, 4.69) is 57.2 Å². The number of fused-ring (bicyclic) bond motifs is 1. The fourth-order valence-corrected chi connectivity index (χ4v) is 3.64. The van der Waals surface area contributed by atoms with E-state index in [1.54, 1.807) is 11.8 Å². The first-order chi connectivity index (χ1) is 10.3. The molecule has 0 aliphatic heterocycles. The number of thioether (sulfide) groups is 1. The second-order valence-electron chi connectivity index (χ2n) is 5.37. The Morgan fingerprint density at radius 3 is 2.76 bits per heavy atom. The number of rotatable bonds is 4. The van der Waals surface area contributed by atoms with Crippen LogP contribution in [0.1, 0.15) is 24.4 Å². The van der Waals surface area contributed by atoms with Crippen LogP contribution in [0.3, 0.4) is 0 Å². The molecule has 0 bridgehead atoms. The number of hydrogen-bond donors (Lipinski definition) is 1. The van der Waals surface area contributed by atoms with Crippen molar-refractivity contribution in [2.24, 2.45) is 0 Å². The van der Waals surface area contributed by atoms with Crippen LogP contribution < -0.4 is 5.73 Å². The Morgan fingerprint density at radius 1 is 1.10 bits per heavy atom. The van der Waals surface area contributed by atoms with Crippen LogP contribution in [-0.4, -0.2) is 14.8 Å². The number of aromatic nitrogens is 3. The highest BCUT2D eigenvalue weighted by molar-refractivity contribution is 7.98. The van der Waals surface area contributed by atoms with Gasteiger partial charge in [0.25, 0.3) is 0 Å². The molecule has 1 heterocycles. The van der Waals surface area contributed by atoms with E-state index in [-0.39, 0.29) is 0 Å². The highest BCUT2D eigenvalue weighted by Gasteiger charge is 2.28. The average Bonchev–Trinajstić information content (AvgIpc) is 3.28. The van der Waals surface area contributed by atoms with Crippen LogP contribution in [-0.2, 0) is 5.75 Å². The van der Waals surface area contributed by atoms with Gasteiger partial charge in [-0.2, -0.15) is 0 Å². The van der Waals surface area contributed by atoms with Crippen molar-refractivity contribution in [2.45, 2.75) is 29.8 Å². The van der Waals surface area contributed by atoms with Gasteiger partial charge in [-0.15, -0.1) is 10.2 Å². The number of nitrogen functional groups attached to an aromatic ring is 1. The van der Waals surface area contributed by atoms with Crippen LogP contribution in [0.15, 0.2) is 47.6 Å². The molecule has 4 nitrogen and oxygen atoms in total. The van der Waals surface area contributed by atoms with Crippen molar-refractivity contribution in [3.63, 3.8) is 0 Å². The van der Waals surface area contributed by atoms with Crippen molar-refractivity contribution in [1.82, 2.24) is 14.8 Å². The summed E-state index contributed by atoms with van der Waals surface area (Å²) in [6.07, 6.45) is 2.37. The lowest BCUT2D eigenvalue weighted by Gasteiger charge is -2.08. The van der Waals surface area contributed by atoms with Crippen molar-refractivity contribution < 1.29 is 0 Å². The van der Waals surface area contributed by atoms with Crippen molar-refractivity contribution in [3.8, 4) is 0 Å². The van der Waals surface area contributed by atoms with Gasteiger partial charge >= 0.3 is 0 Å². The van der Waals surface area contributed by atoms with Gasteiger partial charge in [-0.05, 0) is 29.2 Å². The quantitative estimate of drug-likeness (QED) is 0.747. The molecule has 5 heteroatoms. The molecule has 1 saturated carbocycles. The normalized spacial score (nSPS) is 14.7. The number of anilines is 1. The predicted molar refractivity (Wildman–Crippen MR) is 86.2 cm³/mol. The zero-order valence-electron chi connectivity index (χ0n) is 11.6. The minimum atomic E-state index is 0.509. The van der Waals surface area contributed by atoms with E-state index in [1.807, 2.05) is 0 Å². The molecule has 1 aliphatic rings. The summed E-state index contributed by atoms with van der Waals surface area (Å²) in [5, 5.41) is 11.8. The van der Waals surface area contributed by atoms with Gasteiger partial charge in [0.1, 0.15) is 0 Å². The van der Waals surface area contributed by atoms with E-state index in [4.69, 9.17) is 5.73 Å². The smallest absolute Gasteiger partial charge is 0.222 e. The summed E-state index contributed by atoms with van der Waals surface area (Å²) in [5.74, 6) is 1.42. The van der Waals surface area contributed by atoms with Crippen LogP contribution in [0, 0.1) is 0 Å². The van der Waals surface area contributed by atoms with Gasteiger partial charge in [-0.25, -0.2) is 0 Å². The Balaban J connectivity index is 1.61. The summed E-state index contributed by atoms with van der Waals surface area (Å²) in [6.45, 7) is 0. The Hall–Kier alpha value is -2.01. The summed E-state index contributed by atoms with van der Waals surface area (Å²) in [7, 11) is 0. The highest BCUT2D eigenvalue weighted by atomic mass is 32.2. The van der Waals surface area contributed by atoms with E-state index in [9.17, 15) is 0 Å². The van der Waals surface area contributed by atoms with E-state index >= 15 is 0 Å². The fraction of sp³-hybridized carbons (Fsp3) is 0.250. The third-order valence-electron chi connectivity index (χ3n) is 3.84. The lowest BCUT2D eigenvalue weighted by molar-refractivity contribution is 0.671. The minimum absolute atomic E-state index is 0.509. The molecule has 0 amide bonds. The molecule has 106 valence electrons. The maximum atomic E-state index is 5.92. The number of benzene rings is 2. The Morgan fingerprint density at radius 2 is 1.90 bits per heavy atom. The summed E-state index contributed by atoms with van der Waals surface area (Å²) in [6, 6.07) is 15.4. The number of hydrogen-bond acceptors (Lipinski definition) is 4. The second-order valence-corrected chi connectivity index (χ2v) is 6.31. The van der Waals surface area contributed by atoms with Gasteiger partial charge in [-0.1, -0.05) is 54.2 Å². The zero-order chi connectivity index (χ0) is 14.2. The summed E-state index contributed by atoms with van der Waals surface area (Å²) >= 11 is 1.71. The third kappa shape index (κ3) is 2.38. The fourth-order valence-electron chi connectivity index (χ4n) is 2.62. The maximum absolute atomic E-state index is 5.92. The first kappa shape index (κ1) is 12.7. The molecular formula is C16H16N4S. The van der Waals surface area contributed by atoms with Crippen LogP contribution in [0.4, 0.5) is 5.95 Å². The van der Waals surface area contributed by atoms with Gasteiger partial charge in [-0.3, -0.25) is 4.57 Å². The minimum Gasteiger partial charge on any atom is -0.368 e. The van der Waals surface area contributed by atoms with Crippen molar-refractivity contribution in [1.29, 1.82) is 0 Å². The zero-order valence-corrected chi connectivity index (χ0v) is 12.4. The maximum Gasteiger partial charge on any atom is 0.222 e. The average molecular weight is 296 g/mol. The largest absolute Gasteiger partial charge is 0.368 e. The molecule has 0 unspecified atom stereocenters. The van der Waals surface area contributed by atoms with Crippen molar-refractivity contribution >= 4 is 28.5 Å². The molecule has 0 radical (unpaired) electrons. The molecular weight excluding hydrogens is 280 g/mol. The van der Waals surface area contributed by atoms with Crippen LogP contribution in [0.25, 0.3) is 10.8 Å². The molecule has 0 spiro atoms. The molecule has 1 aromatic heterocycles. The monoisotopic (exact) mass is 296 g/mol. The van der Waals surface area contributed by atoms with Crippen molar-refractivity contribution in [2.75, 3.05) is 5.73 Å². The molecule has 2 N–H and O–H groups in total. The first-order valence-electron chi connectivity index (χ1n) is 7.13. The van der Waals surface area contributed by atoms with E-state index in [0.717, 1.165) is 10.9 Å². The van der Waals surface area contributed by atoms with Gasteiger partial charge < -0.3 is 5.73 Å². The molecule has 1 aliphatic carbocycles. The molecule has 4 rings (SSSR count). The third-order valence-corrected chi connectivity index (χ3v) is 4.83. The lowest BCUT2D eigenvalue weighted by atomic mass is 10.1. The molecule has 2 aromatic carbocycles. The predicted octanol–water partition coefficient (Wildman–Crippen LogP) is 3.64. The second kappa shape index (κ2) is 5.07. The van der Waals surface area contributed by atoms with Crippen molar-refractivity contribution in [3.05, 3.63) is 48.0 Å². The van der Waals surface area contributed by atoms with E-state index in [1.165, 1.54) is 29.2 Å². The molecule has 0 atom stereocenters. The number of nitrogens with zero attached hydrogens (tertiary/aromatic N) is 3. The van der Waals surface area contributed by atoms with Gasteiger partial charge in [0.2, 0.25) is 5.95 Å². The summed E-state index contributed by atoms with van der Waals surface area (Å²) in [4.78, 5) is 0. The van der Waals surface area contributed by atoms with E-state index < -0.39 is 0 Å². The standard InChI is InChI=1S/C16H16N4S/c17-15-18-19-16(20(15)13-8-9-13)21-10-12-6-3-5-11-4-1-2-7-14(11)12/h1-7,13H,8-10H2,(H2,17,18). The van der Waals surface area contributed by atoms with E-state index in [0.29, 0.717) is 12.0 Å². The van der Waals surface area contributed by atoms with Gasteiger partial charge in [0.05, 0.1) is 0 Å². The van der Waals surface area contributed by atoms with Gasteiger partial charge in [0, 0.05) is 11.8 Å². The first-order valence-corrected chi connectivity index (χ1v) is 8.11. The highest BCUT2D eigenvalue weighted by Crippen LogP contribution is 2.40.